The first kappa shape index (κ1) is 21.7. The SMILES string of the molecule is O=C(CS(=O)(=O)c1ccc(Br)cc1)N[C@@H]1Cc2ccccc2[C@H]1NC(=O)c1cccs1. The molecule has 9 heteroatoms. The van der Waals surface area contributed by atoms with Gasteiger partial charge in [0.05, 0.1) is 21.9 Å². The Morgan fingerprint density at radius 1 is 1.00 bits per heavy atom. The van der Waals surface area contributed by atoms with Crippen LogP contribution in [-0.2, 0) is 21.1 Å². The van der Waals surface area contributed by atoms with Gasteiger partial charge < -0.3 is 10.6 Å². The van der Waals surface area contributed by atoms with Gasteiger partial charge in [0, 0.05) is 4.47 Å². The van der Waals surface area contributed by atoms with Crippen molar-refractivity contribution in [2.24, 2.45) is 0 Å². The second-order valence-corrected chi connectivity index (χ2v) is 11.1. The topological polar surface area (TPSA) is 92.3 Å². The molecular formula is C22H19BrN2O4S2. The lowest BCUT2D eigenvalue weighted by molar-refractivity contribution is -0.119. The van der Waals surface area contributed by atoms with E-state index in [0.29, 0.717) is 11.3 Å². The van der Waals surface area contributed by atoms with Crippen LogP contribution in [0.1, 0.15) is 26.8 Å². The number of carbonyl (C=O) groups is 2. The van der Waals surface area contributed by atoms with Crippen LogP contribution in [0.25, 0.3) is 0 Å². The summed E-state index contributed by atoms with van der Waals surface area (Å²) in [5, 5.41) is 7.64. The molecule has 31 heavy (non-hydrogen) atoms. The van der Waals surface area contributed by atoms with E-state index in [1.165, 1.54) is 23.5 Å². The lowest BCUT2D eigenvalue weighted by Gasteiger charge is -2.23. The number of halogens is 1. The number of rotatable bonds is 6. The van der Waals surface area contributed by atoms with Gasteiger partial charge in [0.2, 0.25) is 5.91 Å². The van der Waals surface area contributed by atoms with Crippen molar-refractivity contribution in [3.63, 3.8) is 0 Å². The molecule has 3 aromatic rings. The van der Waals surface area contributed by atoms with Crippen molar-refractivity contribution in [1.82, 2.24) is 10.6 Å². The van der Waals surface area contributed by atoms with Crippen LogP contribution in [0.3, 0.4) is 0 Å². The summed E-state index contributed by atoms with van der Waals surface area (Å²) in [6.45, 7) is 0. The first-order valence-corrected chi connectivity index (χ1v) is 12.9. The number of hydrogen-bond acceptors (Lipinski definition) is 5. The van der Waals surface area contributed by atoms with E-state index in [2.05, 4.69) is 26.6 Å². The second kappa shape index (κ2) is 8.94. The summed E-state index contributed by atoms with van der Waals surface area (Å²) in [6, 6.07) is 16.5. The third kappa shape index (κ3) is 4.89. The minimum absolute atomic E-state index is 0.0862. The predicted octanol–water partition coefficient (Wildman–Crippen LogP) is 3.50. The maximum atomic E-state index is 12.7. The minimum Gasteiger partial charge on any atom is -0.350 e. The number of sulfone groups is 1. The zero-order chi connectivity index (χ0) is 22.0. The first-order chi connectivity index (χ1) is 14.8. The predicted molar refractivity (Wildman–Crippen MR) is 123 cm³/mol. The van der Waals surface area contributed by atoms with E-state index in [1.807, 2.05) is 29.6 Å². The Balaban J connectivity index is 1.50. The van der Waals surface area contributed by atoms with Crippen LogP contribution in [0, 0.1) is 0 Å². The Morgan fingerprint density at radius 3 is 2.45 bits per heavy atom. The number of benzene rings is 2. The van der Waals surface area contributed by atoms with Crippen LogP contribution in [0.2, 0.25) is 0 Å². The molecule has 0 fully saturated rings. The van der Waals surface area contributed by atoms with Crippen molar-refractivity contribution < 1.29 is 18.0 Å². The van der Waals surface area contributed by atoms with Crippen LogP contribution in [0.5, 0.6) is 0 Å². The van der Waals surface area contributed by atoms with Crippen molar-refractivity contribution in [2.45, 2.75) is 23.4 Å². The highest BCUT2D eigenvalue weighted by Crippen LogP contribution is 2.32. The van der Waals surface area contributed by atoms with E-state index in [4.69, 9.17) is 0 Å². The Kier molecular flexibility index (Phi) is 6.27. The summed E-state index contributed by atoms with van der Waals surface area (Å²) >= 11 is 4.60. The van der Waals surface area contributed by atoms with Crippen molar-refractivity contribution in [1.29, 1.82) is 0 Å². The number of amides is 2. The molecule has 1 aliphatic rings. The smallest absolute Gasteiger partial charge is 0.261 e. The van der Waals surface area contributed by atoms with Crippen LogP contribution in [0.4, 0.5) is 0 Å². The molecule has 2 aromatic carbocycles. The highest BCUT2D eigenvalue weighted by atomic mass is 79.9. The highest BCUT2D eigenvalue weighted by molar-refractivity contribution is 9.10. The molecule has 2 amide bonds. The van der Waals surface area contributed by atoms with E-state index in [0.717, 1.165) is 15.6 Å². The fourth-order valence-electron chi connectivity index (χ4n) is 3.67. The van der Waals surface area contributed by atoms with Gasteiger partial charge >= 0.3 is 0 Å². The van der Waals surface area contributed by atoms with E-state index >= 15 is 0 Å². The van der Waals surface area contributed by atoms with Gasteiger partial charge in [0.25, 0.3) is 5.91 Å². The zero-order valence-corrected chi connectivity index (χ0v) is 19.5. The average molecular weight is 519 g/mol. The van der Waals surface area contributed by atoms with Gasteiger partial charge in [-0.3, -0.25) is 9.59 Å². The first-order valence-electron chi connectivity index (χ1n) is 9.53. The molecule has 2 atom stereocenters. The van der Waals surface area contributed by atoms with Crippen molar-refractivity contribution in [3.05, 3.63) is 86.5 Å². The molecule has 6 nitrogen and oxygen atoms in total. The Labute approximate surface area is 192 Å². The normalized spacial score (nSPS) is 17.7. The maximum absolute atomic E-state index is 12.7. The number of carbonyl (C=O) groups excluding carboxylic acids is 2. The largest absolute Gasteiger partial charge is 0.350 e. The van der Waals surface area contributed by atoms with Gasteiger partial charge in [-0.1, -0.05) is 46.3 Å². The summed E-state index contributed by atoms with van der Waals surface area (Å²) in [4.78, 5) is 25.9. The fraction of sp³-hybridized carbons (Fsp3) is 0.182. The van der Waals surface area contributed by atoms with Crippen molar-refractivity contribution in [2.75, 3.05) is 5.75 Å². The van der Waals surface area contributed by atoms with Gasteiger partial charge in [0.15, 0.2) is 9.84 Å². The van der Waals surface area contributed by atoms with Gasteiger partial charge in [0.1, 0.15) is 5.75 Å². The molecule has 0 radical (unpaired) electrons. The molecule has 0 saturated heterocycles. The Hall–Kier alpha value is -2.49. The maximum Gasteiger partial charge on any atom is 0.261 e. The van der Waals surface area contributed by atoms with E-state index in [9.17, 15) is 18.0 Å². The Bertz CT molecular complexity index is 1210. The second-order valence-electron chi connectivity index (χ2n) is 7.22. The van der Waals surface area contributed by atoms with Crippen LogP contribution in [-0.4, -0.2) is 32.0 Å². The fourth-order valence-corrected chi connectivity index (χ4v) is 5.71. The lowest BCUT2D eigenvalue weighted by atomic mass is 10.1. The molecule has 0 aliphatic heterocycles. The monoisotopic (exact) mass is 518 g/mol. The standard InChI is InChI=1S/C22H19BrN2O4S2/c23-15-7-9-16(10-8-15)31(28,29)13-20(26)24-18-12-14-4-1-2-5-17(14)21(18)25-22(27)19-6-3-11-30-19/h1-11,18,21H,12-13H2,(H,24,26)(H,25,27)/t18-,21-/m1/s1. The molecule has 0 bridgehead atoms. The van der Waals surface area contributed by atoms with Crippen molar-refractivity contribution in [3.8, 4) is 0 Å². The van der Waals surface area contributed by atoms with Crippen LogP contribution < -0.4 is 10.6 Å². The van der Waals surface area contributed by atoms with Gasteiger partial charge in [-0.05, 0) is 53.3 Å². The Morgan fingerprint density at radius 2 is 1.74 bits per heavy atom. The number of fused-ring (bicyclic) bond motifs is 1. The quantitative estimate of drug-likeness (QED) is 0.522. The van der Waals surface area contributed by atoms with Crippen LogP contribution in [0.15, 0.2) is 75.4 Å². The summed E-state index contributed by atoms with van der Waals surface area (Å²) in [5.74, 6) is -1.48. The third-order valence-corrected chi connectivity index (χ3v) is 8.13. The summed E-state index contributed by atoms with van der Waals surface area (Å²) < 4.78 is 26.0. The molecule has 160 valence electrons. The molecule has 1 aromatic heterocycles. The lowest BCUT2D eigenvalue weighted by Crippen LogP contribution is -2.46. The van der Waals surface area contributed by atoms with Gasteiger partial charge in [-0.2, -0.15) is 0 Å². The van der Waals surface area contributed by atoms with E-state index in [-0.39, 0.29) is 10.8 Å². The molecule has 0 saturated carbocycles. The molecule has 1 aliphatic carbocycles. The summed E-state index contributed by atoms with van der Waals surface area (Å²) in [6.07, 6.45) is 0.510. The average Bonchev–Trinajstić information content (AvgIpc) is 3.37. The van der Waals surface area contributed by atoms with E-state index in [1.54, 1.807) is 24.3 Å². The zero-order valence-electron chi connectivity index (χ0n) is 16.2. The van der Waals surface area contributed by atoms with Crippen molar-refractivity contribution >= 4 is 48.9 Å². The summed E-state index contributed by atoms with van der Waals surface area (Å²) in [7, 11) is -3.78. The number of thiophene rings is 1. The van der Waals surface area contributed by atoms with Gasteiger partial charge in [-0.25, -0.2) is 8.42 Å². The van der Waals surface area contributed by atoms with E-state index < -0.39 is 33.6 Å². The number of hydrogen-bond donors (Lipinski definition) is 2. The summed E-state index contributed by atoms with van der Waals surface area (Å²) in [5.41, 5.74) is 1.94. The number of nitrogens with one attached hydrogen (secondary N) is 2. The molecule has 0 unspecified atom stereocenters. The highest BCUT2D eigenvalue weighted by Gasteiger charge is 2.35. The molecule has 1 heterocycles. The molecule has 2 N–H and O–H groups in total. The minimum atomic E-state index is -3.78. The molecular weight excluding hydrogens is 500 g/mol. The third-order valence-electron chi connectivity index (χ3n) is 5.10. The van der Waals surface area contributed by atoms with Crippen LogP contribution >= 0.6 is 27.3 Å². The molecule has 4 rings (SSSR count). The molecule has 0 spiro atoms. The van der Waals surface area contributed by atoms with Gasteiger partial charge in [-0.15, -0.1) is 11.3 Å².